The lowest BCUT2D eigenvalue weighted by atomic mass is 9.88. The number of piperidine rings is 1. The van der Waals surface area contributed by atoms with Crippen LogP contribution < -0.4 is 9.64 Å². The molecule has 2 aliphatic rings. The Morgan fingerprint density at radius 1 is 0.931 bits per heavy atom. The molecule has 1 amide bonds. The van der Waals surface area contributed by atoms with Crippen LogP contribution in [-0.2, 0) is 20.8 Å². The summed E-state index contributed by atoms with van der Waals surface area (Å²) in [6, 6.07) is 12.0. The van der Waals surface area contributed by atoms with Crippen LogP contribution in [0.2, 0.25) is 51.4 Å². The number of benzene rings is 1. The lowest BCUT2D eigenvalue weighted by molar-refractivity contribution is 0.00566. The maximum atomic E-state index is 13.4. The Balaban J connectivity index is 1.40. The van der Waals surface area contributed by atoms with Gasteiger partial charge in [-0.3, -0.25) is 4.98 Å². The minimum absolute atomic E-state index is 0.0725. The lowest BCUT2D eigenvalue weighted by Crippen LogP contribution is -2.48. The van der Waals surface area contributed by atoms with Crippen LogP contribution in [0.15, 0.2) is 47.2 Å². The van der Waals surface area contributed by atoms with E-state index in [0.717, 1.165) is 76.1 Å². The maximum absolute atomic E-state index is 13.4. The van der Waals surface area contributed by atoms with Crippen LogP contribution in [0.3, 0.4) is 0 Å². The minimum atomic E-state index is -1.32. The van der Waals surface area contributed by atoms with Gasteiger partial charge in [-0.05, 0) is 98.7 Å². The van der Waals surface area contributed by atoms with Crippen molar-refractivity contribution in [3.8, 4) is 28.1 Å². The van der Waals surface area contributed by atoms with E-state index in [1.54, 1.807) is 7.11 Å². The fraction of sp³-hybridized carbons (Fsp3) is 0.581. The zero-order valence-electron chi connectivity index (χ0n) is 36.1. The van der Waals surface area contributed by atoms with Crippen LogP contribution in [0.1, 0.15) is 63.6 Å². The van der Waals surface area contributed by atoms with E-state index in [4.69, 9.17) is 34.0 Å². The molecule has 1 N–H and O–H groups in total. The summed E-state index contributed by atoms with van der Waals surface area (Å²) in [5.74, 6) is 1.56. The first-order valence-electron chi connectivity index (χ1n) is 20.6. The molecule has 0 spiro atoms. The Morgan fingerprint density at radius 3 is 2.09 bits per heavy atom. The van der Waals surface area contributed by atoms with Crippen LogP contribution in [0.4, 0.5) is 10.6 Å². The number of aliphatic hydroxyl groups excluding tert-OH is 1. The highest BCUT2D eigenvalue weighted by Gasteiger charge is 2.46. The topological polar surface area (TPSA) is 124 Å². The van der Waals surface area contributed by atoms with E-state index in [9.17, 15) is 9.90 Å². The van der Waals surface area contributed by atoms with Gasteiger partial charge in [0.05, 0.1) is 35.8 Å². The number of anilines is 1. The second-order valence-electron chi connectivity index (χ2n) is 19.2. The molecule has 0 aliphatic carbocycles. The fourth-order valence-corrected chi connectivity index (χ4v) is 10.1. The highest BCUT2D eigenvalue weighted by molar-refractivity contribution is 9.10. The molecule has 1 aromatic carbocycles. The first-order chi connectivity index (χ1) is 27.4. The third kappa shape index (κ3) is 10.7. The van der Waals surface area contributed by atoms with Crippen molar-refractivity contribution in [1.29, 1.82) is 0 Å². The third-order valence-electron chi connectivity index (χ3n) is 10.9. The number of carbonyl (C=O) groups is 1. The molecule has 5 heterocycles. The standard InChI is InChI=1S/C43H63BrN6O6Si2/c1-43(2,3)56-42(52)49-33-13-14-34(49)23-31(22-33)39-38(44)41(48(27-54-17-19-57(5,6)7)28-55-18-20-58(8,9)10)50-40(47-39)35(25-46-50)30-11-15-36(45-24-30)29-12-16-37(53-4)32(21-29)26-51/h11-12,15-16,21,24-25,31,33-34,51H,13-14,17-20,22-23,26-28H2,1-10H3/t31-,33-,34+. The first-order valence-corrected chi connectivity index (χ1v) is 28.8. The van der Waals surface area contributed by atoms with Gasteiger partial charge < -0.3 is 33.9 Å². The predicted octanol–water partition coefficient (Wildman–Crippen LogP) is 9.80. The summed E-state index contributed by atoms with van der Waals surface area (Å²) in [6.07, 6.45) is 6.95. The van der Waals surface area contributed by atoms with Gasteiger partial charge in [0.1, 0.15) is 24.8 Å². The van der Waals surface area contributed by atoms with E-state index in [-0.39, 0.29) is 30.7 Å². The molecule has 0 unspecified atom stereocenters. The molecule has 3 aromatic heterocycles. The number of rotatable bonds is 16. The summed E-state index contributed by atoms with van der Waals surface area (Å²) in [6.45, 7) is 21.8. The van der Waals surface area contributed by atoms with E-state index in [1.165, 1.54) is 0 Å². The van der Waals surface area contributed by atoms with Gasteiger partial charge in [-0.2, -0.15) is 9.61 Å². The zero-order chi connectivity index (χ0) is 42.0. The molecule has 316 valence electrons. The van der Waals surface area contributed by atoms with Crippen molar-refractivity contribution < 1.29 is 28.8 Å². The second-order valence-corrected chi connectivity index (χ2v) is 31.3. The van der Waals surface area contributed by atoms with Gasteiger partial charge in [0.15, 0.2) is 11.5 Å². The van der Waals surface area contributed by atoms with Gasteiger partial charge in [0.2, 0.25) is 0 Å². The Bertz CT molecular complexity index is 2010. The zero-order valence-corrected chi connectivity index (χ0v) is 39.7. The van der Waals surface area contributed by atoms with Crippen molar-refractivity contribution in [2.75, 3.05) is 38.7 Å². The van der Waals surface area contributed by atoms with Crippen molar-refractivity contribution in [3.05, 3.63) is 58.5 Å². The van der Waals surface area contributed by atoms with Gasteiger partial charge in [-0.1, -0.05) is 45.3 Å². The number of fused-ring (bicyclic) bond motifs is 3. The molecule has 2 fully saturated rings. The van der Waals surface area contributed by atoms with Gasteiger partial charge in [0.25, 0.3) is 0 Å². The summed E-state index contributed by atoms with van der Waals surface area (Å²) in [5.41, 5.74) is 5.20. The van der Waals surface area contributed by atoms with E-state index >= 15 is 0 Å². The summed E-state index contributed by atoms with van der Waals surface area (Å²) in [5, 5.41) is 14.9. The van der Waals surface area contributed by atoms with Crippen molar-refractivity contribution in [3.63, 3.8) is 0 Å². The van der Waals surface area contributed by atoms with Crippen molar-refractivity contribution in [2.45, 2.75) is 128 Å². The number of nitrogens with zero attached hydrogens (tertiary/aromatic N) is 6. The fourth-order valence-electron chi connectivity index (χ4n) is 7.79. The SMILES string of the molecule is COc1ccc(-c2ccc(-c3cnn4c(N(COCC[Si](C)(C)C)COCC[Si](C)(C)C)c(Br)c([C@@H]5C[C@H]6CC[C@@H](C5)N6C(=O)OC(C)(C)C)nc34)cn2)cc1CO. The Kier molecular flexibility index (Phi) is 13.8. The van der Waals surface area contributed by atoms with E-state index in [1.807, 2.05) is 72.9 Å². The number of hydrogen-bond donors (Lipinski definition) is 1. The van der Waals surface area contributed by atoms with Crippen molar-refractivity contribution in [1.82, 2.24) is 24.5 Å². The van der Waals surface area contributed by atoms with Gasteiger partial charge in [0, 0.05) is 75.8 Å². The average Bonchev–Trinajstić information content (AvgIpc) is 3.69. The molecular formula is C43H63BrN6O6Si2. The smallest absolute Gasteiger partial charge is 0.410 e. The molecular weight excluding hydrogens is 833 g/mol. The van der Waals surface area contributed by atoms with Crippen molar-refractivity contribution >= 4 is 49.6 Å². The van der Waals surface area contributed by atoms with Gasteiger partial charge in [-0.25, -0.2) is 9.78 Å². The number of methoxy groups -OCH3 is 1. The normalized spacial score (nSPS) is 18.6. The molecule has 4 aromatic rings. The number of halogens is 1. The van der Waals surface area contributed by atoms with Crippen LogP contribution in [-0.4, -0.2) is 103 Å². The molecule has 3 atom stereocenters. The molecule has 58 heavy (non-hydrogen) atoms. The number of hydrogen-bond acceptors (Lipinski definition) is 10. The molecule has 15 heteroatoms. The average molecular weight is 896 g/mol. The molecule has 2 aliphatic heterocycles. The van der Waals surface area contributed by atoms with Crippen LogP contribution in [0.5, 0.6) is 5.75 Å². The number of aromatic nitrogens is 4. The lowest BCUT2D eigenvalue weighted by Gasteiger charge is -2.39. The quantitative estimate of drug-likeness (QED) is 0.0661. The van der Waals surface area contributed by atoms with Crippen LogP contribution >= 0.6 is 15.9 Å². The van der Waals surface area contributed by atoms with Gasteiger partial charge in [-0.15, -0.1) is 0 Å². The molecule has 0 saturated carbocycles. The first kappa shape index (κ1) is 44.2. The molecule has 2 saturated heterocycles. The summed E-state index contributed by atoms with van der Waals surface area (Å²) in [7, 11) is -1.04. The number of pyridine rings is 1. The number of amides is 1. The minimum Gasteiger partial charge on any atom is -0.496 e. The molecule has 6 rings (SSSR count). The summed E-state index contributed by atoms with van der Waals surface area (Å²) >= 11 is 4.08. The monoisotopic (exact) mass is 894 g/mol. The molecule has 0 radical (unpaired) electrons. The highest BCUT2D eigenvalue weighted by Crippen LogP contribution is 2.47. The Hall–Kier alpha value is -3.35. The Labute approximate surface area is 354 Å². The number of aliphatic hydroxyl groups is 1. The number of ether oxygens (including phenoxy) is 4. The number of carbonyl (C=O) groups excluding carboxylic acids is 1. The summed E-state index contributed by atoms with van der Waals surface area (Å²) in [4.78, 5) is 27.9. The maximum Gasteiger partial charge on any atom is 0.410 e. The second kappa shape index (κ2) is 18.1. The van der Waals surface area contributed by atoms with Gasteiger partial charge >= 0.3 is 6.09 Å². The van der Waals surface area contributed by atoms with E-state index in [0.29, 0.717) is 43.6 Å². The van der Waals surface area contributed by atoms with Crippen molar-refractivity contribution in [2.24, 2.45) is 0 Å². The molecule has 2 bridgehead atoms. The Morgan fingerprint density at radius 2 is 1.55 bits per heavy atom. The van der Waals surface area contributed by atoms with Crippen LogP contribution in [0.25, 0.3) is 28.0 Å². The highest BCUT2D eigenvalue weighted by atomic mass is 79.9. The largest absolute Gasteiger partial charge is 0.496 e. The van der Waals surface area contributed by atoms with E-state index < -0.39 is 21.7 Å². The van der Waals surface area contributed by atoms with E-state index in [2.05, 4.69) is 60.1 Å². The summed E-state index contributed by atoms with van der Waals surface area (Å²) < 4.78 is 26.9. The predicted molar refractivity (Wildman–Crippen MR) is 239 cm³/mol. The van der Waals surface area contributed by atoms with Crippen LogP contribution in [0, 0.1) is 0 Å². The third-order valence-corrected chi connectivity index (χ3v) is 15.1. The molecule has 12 nitrogen and oxygen atoms in total.